The summed E-state index contributed by atoms with van der Waals surface area (Å²) in [6.07, 6.45) is 1.52. The van der Waals surface area contributed by atoms with Crippen molar-refractivity contribution in [3.05, 3.63) is 52.1 Å². The highest BCUT2D eigenvalue weighted by atomic mass is 35.5. The largest absolute Gasteiger partial charge is 0.384 e. The van der Waals surface area contributed by atoms with Crippen molar-refractivity contribution in [3.8, 4) is 0 Å². The van der Waals surface area contributed by atoms with Crippen LogP contribution in [0, 0.1) is 18.2 Å². The molecule has 1 aromatic heterocycles. The van der Waals surface area contributed by atoms with Crippen molar-refractivity contribution < 1.29 is 4.39 Å². The summed E-state index contributed by atoms with van der Waals surface area (Å²) >= 11 is 5.89. The van der Waals surface area contributed by atoms with E-state index < -0.39 is 5.82 Å². The number of hydrogen-bond acceptors (Lipinski definition) is 2. The molecule has 0 radical (unpaired) electrons. The van der Waals surface area contributed by atoms with Crippen molar-refractivity contribution in [1.82, 2.24) is 9.78 Å². The third-order valence-electron chi connectivity index (χ3n) is 2.73. The number of halogens is 2. The number of aromatic nitrogens is 2. The van der Waals surface area contributed by atoms with E-state index in [0.29, 0.717) is 10.6 Å². The molecule has 0 aliphatic rings. The zero-order valence-corrected chi connectivity index (χ0v) is 10.5. The topological polar surface area (TPSA) is 67.7 Å². The van der Waals surface area contributed by atoms with Crippen LogP contribution in [-0.4, -0.2) is 15.6 Å². The van der Waals surface area contributed by atoms with E-state index >= 15 is 0 Å². The summed E-state index contributed by atoms with van der Waals surface area (Å²) in [5.74, 6) is -0.777. The van der Waals surface area contributed by atoms with Gasteiger partial charge in [-0.3, -0.25) is 10.1 Å². The van der Waals surface area contributed by atoms with Crippen molar-refractivity contribution in [1.29, 1.82) is 5.41 Å². The van der Waals surface area contributed by atoms with Crippen LogP contribution in [0.4, 0.5) is 4.39 Å². The Morgan fingerprint density at radius 1 is 1.56 bits per heavy atom. The second-order valence-corrected chi connectivity index (χ2v) is 4.34. The maximum absolute atomic E-state index is 14.1. The third-order valence-corrected chi connectivity index (χ3v) is 3.10. The first-order valence-corrected chi connectivity index (χ1v) is 5.68. The van der Waals surface area contributed by atoms with Gasteiger partial charge in [0, 0.05) is 5.56 Å². The number of hydrogen-bond donors (Lipinski definition) is 2. The molecule has 2 rings (SSSR count). The minimum atomic E-state index is -0.490. The van der Waals surface area contributed by atoms with Crippen molar-refractivity contribution in [3.63, 3.8) is 0 Å². The van der Waals surface area contributed by atoms with Crippen LogP contribution in [0.15, 0.2) is 24.4 Å². The highest BCUT2D eigenvalue weighted by molar-refractivity contribution is 6.31. The molecular weight excluding hydrogens is 255 g/mol. The second-order valence-electron chi connectivity index (χ2n) is 3.93. The Hall–Kier alpha value is -1.88. The molecule has 1 aromatic carbocycles. The molecule has 2 aromatic rings. The SMILES string of the molecule is Cc1c(Cl)cnn1Cc1cccc(C(=N)N)c1F. The summed E-state index contributed by atoms with van der Waals surface area (Å²) in [6.45, 7) is 2.06. The monoisotopic (exact) mass is 266 g/mol. The molecule has 18 heavy (non-hydrogen) atoms. The normalized spacial score (nSPS) is 10.6. The van der Waals surface area contributed by atoms with E-state index in [1.54, 1.807) is 16.8 Å². The lowest BCUT2D eigenvalue weighted by Crippen LogP contribution is -2.15. The fourth-order valence-electron chi connectivity index (χ4n) is 1.65. The van der Waals surface area contributed by atoms with Crippen molar-refractivity contribution in [2.45, 2.75) is 13.5 Å². The van der Waals surface area contributed by atoms with Gasteiger partial charge in [-0.25, -0.2) is 4.39 Å². The Kier molecular flexibility index (Phi) is 3.34. The first-order chi connectivity index (χ1) is 8.50. The van der Waals surface area contributed by atoms with Crippen LogP contribution >= 0.6 is 11.6 Å². The summed E-state index contributed by atoms with van der Waals surface area (Å²) in [4.78, 5) is 0. The van der Waals surface area contributed by atoms with Gasteiger partial charge in [0.05, 0.1) is 29.0 Å². The Balaban J connectivity index is 2.38. The van der Waals surface area contributed by atoms with Crippen LogP contribution in [0.2, 0.25) is 5.02 Å². The number of rotatable bonds is 3. The molecule has 1 heterocycles. The van der Waals surface area contributed by atoms with Crippen molar-refractivity contribution in [2.75, 3.05) is 0 Å². The van der Waals surface area contributed by atoms with Crippen LogP contribution in [0.1, 0.15) is 16.8 Å². The molecule has 0 bridgehead atoms. The van der Waals surface area contributed by atoms with Gasteiger partial charge in [0.25, 0.3) is 0 Å². The number of amidine groups is 1. The maximum Gasteiger partial charge on any atom is 0.139 e. The lowest BCUT2D eigenvalue weighted by molar-refractivity contribution is 0.578. The van der Waals surface area contributed by atoms with Gasteiger partial charge < -0.3 is 5.73 Å². The summed E-state index contributed by atoms with van der Waals surface area (Å²) in [6, 6.07) is 4.77. The Morgan fingerprint density at radius 2 is 2.28 bits per heavy atom. The van der Waals surface area contributed by atoms with Gasteiger partial charge in [-0.15, -0.1) is 0 Å². The molecule has 3 N–H and O–H groups in total. The van der Waals surface area contributed by atoms with Gasteiger partial charge in [-0.2, -0.15) is 5.10 Å². The minimum Gasteiger partial charge on any atom is -0.384 e. The van der Waals surface area contributed by atoms with Gasteiger partial charge in [-0.1, -0.05) is 23.7 Å². The Morgan fingerprint density at radius 3 is 2.83 bits per heavy atom. The van der Waals surface area contributed by atoms with Gasteiger partial charge >= 0.3 is 0 Å². The predicted molar refractivity (Wildman–Crippen MR) is 68.5 cm³/mol. The molecule has 0 saturated heterocycles. The molecule has 0 aliphatic carbocycles. The maximum atomic E-state index is 14.1. The highest BCUT2D eigenvalue weighted by Crippen LogP contribution is 2.18. The predicted octanol–water partition coefficient (Wildman–Crippen LogP) is 2.32. The molecule has 6 heteroatoms. The summed E-state index contributed by atoms with van der Waals surface area (Å²) in [7, 11) is 0. The number of nitrogens with one attached hydrogen (secondary N) is 1. The van der Waals surface area contributed by atoms with Crippen molar-refractivity contribution in [2.24, 2.45) is 5.73 Å². The van der Waals surface area contributed by atoms with E-state index in [0.717, 1.165) is 5.69 Å². The fourth-order valence-corrected chi connectivity index (χ4v) is 1.80. The van der Waals surface area contributed by atoms with Crippen LogP contribution in [-0.2, 0) is 6.54 Å². The average molecular weight is 267 g/mol. The second kappa shape index (κ2) is 4.78. The lowest BCUT2D eigenvalue weighted by atomic mass is 10.1. The van der Waals surface area contributed by atoms with E-state index in [4.69, 9.17) is 22.7 Å². The standard InChI is InChI=1S/C12H12ClFN4/c1-7-10(13)5-17-18(7)6-8-3-2-4-9(11(8)14)12(15)16/h2-5H,6H2,1H3,(H3,15,16). The van der Waals surface area contributed by atoms with Gasteiger partial charge in [0.2, 0.25) is 0 Å². The van der Waals surface area contributed by atoms with Gasteiger partial charge in [-0.05, 0) is 13.0 Å². The summed E-state index contributed by atoms with van der Waals surface area (Å²) in [5, 5.41) is 11.9. The van der Waals surface area contributed by atoms with E-state index in [1.807, 2.05) is 6.92 Å². The molecule has 0 spiro atoms. The number of benzene rings is 1. The first kappa shape index (κ1) is 12.6. The number of nitrogens with two attached hydrogens (primary N) is 1. The van der Waals surface area contributed by atoms with Crippen LogP contribution in [0.5, 0.6) is 0 Å². The van der Waals surface area contributed by atoms with Gasteiger partial charge in [0.15, 0.2) is 0 Å². The molecule has 0 aliphatic heterocycles. The molecule has 0 unspecified atom stereocenters. The molecule has 0 saturated carbocycles. The molecule has 0 fully saturated rings. The molecule has 0 atom stereocenters. The number of nitrogen functional groups attached to an aromatic ring is 1. The Labute approximate surface area is 109 Å². The summed E-state index contributed by atoms with van der Waals surface area (Å²) < 4.78 is 15.7. The van der Waals surface area contributed by atoms with E-state index in [9.17, 15) is 4.39 Å². The fraction of sp³-hybridized carbons (Fsp3) is 0.167. The Bertz CT molecular complexity index is 606. The number of nitrogens with zero attached hydrogens (tertiary/aromatic N) is 2. The zero-order chi connectivity index (χ0) is 13.3. The molecule has 0 amide bonds. The first-order valence-electron chi connectivity index (χ1n) is 5.30. The smallest absolute Gasteiger partial charge is 0.139 e. The lowest BCUT2D eigenvalue weighted by Gasteiger charge is -2.08. The molecule has 4 nitrogen and oxygen atoms in total. The third kappa shape index (κ3) is 2.22. The van der Waals surface area contributed by atoms with Crippen LogP contribution < -0.4 is 5.73 Å². The average Bonchev–Trinajstić information content (AvgIpc) is 2.63. The van der Waals surface area contributed by atoms with Crippen LogP contribution in [0.3, 0.4) is 0 Å². The van der Waals surface area contributed by atoms with E-state index in [2.05, 4.69) is 5.10 Å². The molecular formula is C12H12ClFN4. The summed E-state index contributed by atoms with van der Waals surface area (Å²) in [5.41, 5.74) is 6.60. The minimum absolute atomic E-state index is 0.100. The van der Waals surface area contributed by atoms with Gasteiger partial charge in [0.1, 0.15) is 11.7 Å². The van der Waals surface area contributed by atoms with Crippen LogP contribution in [0.25, 0.3) is 0 Å². The zero-order valence-electron chi connectivity index (χ0n) is 9.74. The van der Waals surface area contributed by atoms with E-state index in [-0.39, 0.29) is 17.9 Å². The quantitative estimate of drug-likeness (QED) is 0.661. The van der Waals surface area contributed by atoms with Crippen molar-refractivity contribution >= 4 is 17.4 Å². The highest BCUT2D eigenvalue weighted by Gasteiger charge is 2.12. The molecule has 94 valence electrons. The van der Waals surface area contributed by atoms with E-state index in [1.165, 1.54) is 12.3 Å².